The van der Waals surface area contributed by atoms with Gasteiger partial charge >= 0.3 is 0 Å². The van der Waals surface area contributed by atoms with Gasteiger partial charge in [-0.05, 0) is 74.0 Å². The van der Waals surface area contributed by atoms with E-state index in [2.05, 4.69) is 54.0 Å². The number of hydrogen-bond donors (Lipinski definition) is 1. The molecule has 134 valence electrons. The number of rotatable bonds is 6. The number of anilines is 2. The molecule has 1 saturated heterocycles. The van der Waals surface area contributed by atoms with Crippen molar-refractivity contribution in [3.63, 3.8) is 0 Å². The van der Waals surface area contributed by atoms with Crippen LogP contribution in [0.5, 0.6) is 0 Å². The molecule has 4 heteroatoms. The Bertz CT molecular complexity index is 676. The molecule has 2 aromatic rings. The van der Waals surface area contributed by atoms with Crippen molar-refractivity contribution in [1.82, 2.24) is 4.90 Å². The molecule has 3 rings (SSSR count). The summed E-state index contributed by atoms with van der Waals surface area (Å²) in [6, 6.07) is 14.8. The minimum Gasteiger partial charge on any atom is -0.399 e. The van der Waals surface area contributed by atoms with Crippen molar-refractivity contribution in [2.75, 3.05) is 49.1 Å². The predicted octanol–water partition coefficient (Wildman–Crippen LogP) is 4.19. The van der Waals surface area contributed by atoms with E-state index in [-0.39, 0.29) is 0 Å². The van der Waals surface area contributed by atoms with Gasteiger partial charge in [-0.1, -0.05) is 12.1 Å². The summed E-state index contributed by atoms with van der Waals surface area (Å²) < 4.78 is 0. The number of piperazine rings is 1. The van der Waals surface area contributed by atoms with Crippen molar-refractivity contribution in [1.29, 1.82) is 0 Å². The molecule has 1 heterocycles. The fourth-order valence-electron chi connectivity index (χ4n) is 3.33. The molecule has 0 bridgehead atoms. The molecular formula is C21H29N3S. The first-order valence-electron chi connectivity index (χ1n) is 9.15. The summed E-state index contributed by atoms with van der Waals surface area (Å²) in [5.74, 6) is 1.17. The Hall–Kier alpha value is -1.65. The van der Waals surface area contributed by atoms with E-state index in [1.54, 1.807) is 0 Å². The number of aryl methyl sites for hydroxylation is 1. The van der Waals surface area contributed by atoms with Crippen molar-refractivity contribution in [3.05, 3.63) is 53.6 Å². The van der Waals surface area contributed by atoms with Crippen molar-refractivity contribution in [2.24, 2.45) is 0 Å². The van der Waals surface area contributed by atoms with E-state index in [9.17, 15) is 0 Å². The van der Waals surface area contributed by atoms with Gasteiger partial charge in [-0.2, -0.15) is 0 Å². The molecule has 0 atom stereocenters. The minimum absolute atomic E-state index is 0.839. The van der Waals surface area contributed by atoms with Gasteiger partial charge in [0.25, 0.3) is 0 Å². The van der Waals surface area contributed by atoms with E-state index < -0.39 is 0 Å². The van der Waals surface area contributed by atoms with Gasteiger partial charge in [-0.3, -0.25) is 4.90 Å². The summed E-state index contributed by atoms with van der Waals surface area (Å²) >= 11 is 1.93. The number of nitrogen functional groups attached to an aromatic ring is 1. The van der Waals surface area contributed by atoms with Crippen molar-refractivity contribution < 1.29 is 0 Å². The molecule has 2 aromatic carbocycles. The predicted molar refractivity (Wildman–Crippen MR) is 111 cm³/mol. The SMILES string of the molecule is Cc1cccc(N2CCN(CCCSc3ccc(N)cc3)CC2)c1C. The lowest BCUT2D eigenvalue weighted by molar-refractivity contribution is 0.259. The topological polar surface area (TPSA) is 32.5 Å². The molecule has 0 aliphatic carbocycles. The summed E-state index contributed by atoms with van der Waals surface area (Å²) in [4.78, 5) is 6.46. The van der Waals surface area contributed by atoms with Gasteiger partial charge in [0.05, 0.1) is 0 Å². The zero-order chi connectivity index (χ0) is 17.6. The maximum absolute atomic E-state index is 5.73. The maximum atomic E-state index is 5.73. The highest BCUT2D eigenvalue weighted by Crippen LogP contribution is 2.24. The molecule has 0 amide bonds. The average Bonchev–Trinajstić information content (AvgIpc) is 2.63. The average molecular weight is 356 g/mol. The standard InChI is InChI=1S/C21H29N3S/c1-17-5-3-6-21(18(17)2)24-14-12-23(13-15-24)11-4-16-25-20-9-7-19(22)8-10-20/h3,5-10H,4,11-16,22H2,1-2H3. The lowest BCUT2D eigenvalue weighted by Crippen LogP contribution is -2.47. The van der Waals surface area contributed by atoms with Gasteiger partial charge < -0.3 is 10.6 Å². The zero-order valence-electron chi connectivity index (χ0n) is 15.4. The van der Waals surface area contributed by atoms with Crippen LogP contribution in [0.2, 0.25) is 0 Å². The number of thioether (sulfide) groups is 1. The van der Waals surface area contributed by atoms with Crippen molar-refractivity contribution >= 4 is 23.1 Å². The largest absolute Gasteiger partial charge is 0.399 e. The highest BCUT2D eigenvalue weighted by molar-refractivity contribution is 7.99. The van der Waals surface area contributed by atoms with Gasteiger partial charge in [-0.15, -0.1) is 11.8 Å². The highest BCUT2D eigenvalue weighted by Gasteiger charge is 2.18. The molecular weight excluding hydrogens is 326 g/mol. The van der Waals surface area contributed by atoms with Gasteiger partial charge in [0.15, 0.2) is 0 Å². The molecule has 0 saturated carbocycles. The van der Waals surface area contributed by atoms with Gasteiger partial charge in [0, 0.05) is 42.4 Å². The van der Waals surface area contributed by atoms with Crippen LogP contribution in [0.15, 0.2) is 47.4 Å². The fourth-order valence-corrected chi connectivity index (χ4v) is 4.17. The molecule has 3 nitrogen and oxygen atoms in total. The summed E-state index contributed by atoms with van der Waals surface area (Å²) in [6.45, 7) is 10.2. The Morgan fingerprint density at radius 3 is 2.40 bits per heavy atom. The van der Waals surface area contributed by atoms with Crippen LogP contribution in [0.4, 0.5) is 11.4 Å². The number of nitrogens with zero attached hydrogens (tertiary/aromatic N) is 2. The third kappa shape index (κ3) is 4.93. The molecule has 1 aliphatic rings. The van der Waals surface area contributed by atoms with Crippen molar-refractivity contribution in [3.8, 4) is 0 Å². The van der Waals surface area contributed by atoms with Crippen molar-refractivity contribution in [2.45, 2.75) is 25.2 Å². The molecule has 25 heavy (non-hydrogen) atoms. The Kier molecular flexibility index (Phi) is 6.27. The first-order chi connectivity index (χ1) is 12.1. The van der Waals surface area contributed by atoms with Gasteiger partial charge in [-0.25, -0.2) is 0 Å². The van der Waals surface area contributed by atoms with E-state index in [0.717, 1.165) is 18.8 Å². The van der Waals surface area contributed by atoms with Gasteiger partial charge in [0.2, 0.25) is 0 Å². The normalized spacial score (nSPS) is 15.5. The smallest absolute Gasteiger partial charge is 0.0399 e. The van der Waals surface area contributed by atoms with Crippen LogP contribution in [0.3, 0.4) is 0 Å². The lowest BCUT2D eigenvalue weighted by atomic mass is 10.1. The summed E-state index contributed by atoms with van der Waals surface area (Å²) in [6.07, 6.45) is 1.23. The van der Waals surface area contributed by atoms with Crippen LogP contribution < -0.4 is 10.6 Å². The van der Waals surface area contributed by atoms with E-state index in [1.165, 1.54) is 53.5 Å². The van der Waals surface area contributed by atoms with E-state index in [4.69, 9.17) is 5.73 Å². The number of hydrogen-bond acceptors (Lipinski definition) is 4. The molecule has 0 spiro atoms. The van der Waals surface area contributed by atoms with Crippen LogP contribution in [0.25, 0.3) is 0 Å². The molecule has 0 aromatic heterocycles. The second kappa shape index (κ2) is 8.63. The Morgan fingerprint density at radius 2 is 1.68 bits per heavy atom. The second-order valence-electron chi connectivity index (χ2n) is 6.82. The zero-order valence-corrected chi connectivity index (χ0v) is 16.2. The first-order valence-corrected chi connectivity index (χ1v) is 10.1. The van der Waals surface area contributed by atoms with Crippen LogP contribution in [0.1, 0.15) is 17.5 Å². The van der Waals surface area contributed by atoms with E-state index >= 15 is 0 Å². The third-order valence-corrected chi connectivity index (χ3v) is 6.15. The lowest BCUT2D eigenvalue weighted by Gasteiger charge is -2.37. The number of nitrogens with two attached hydrogens (primary N) is 1. The van der Waals surface area contributed by atoms with E-state index in [1.807, 2.05) is 23.9 Å². The summed E-state index contributed by atoms with van der Waals surface area (Å²) in [5, 5.41) is 0. The van der Waals surface area contributed by atoms with Gasteiger partial charge in [0.1, 0.15) is 0 Å². The minimum atomic E-state index is 0.839. The number of benzene rings is 2. The molecule has 0 radical (unpaired) electrons. The monoisotopic (exact) mass is 355 g/mol. The Morgan fingerprint density at radius 1 is 0.960 bits per heavy atom. The van der Waals surface area contributed by atoms with Crippen LogP contribution in [-0.2, 0) is 0 Å². The second-order valence-corrected chi connectivity index (χ2v) is 7.99. The summed E-state index contributed by atoms with van der Waals surface area (Å²) in [5.41, 5.74) is 10.8. The van der Waals surface area contributed by atoms with Crippen LogP contribution in [0, 0.1) is 13.8 Å². The van der Waals surface area contributed by atoms with Crippen LogP contribution >= 0.6 is 11.8 Å². The molecule has 0 unspecified atom stereocenters. The molecule has 1 fully saturated rings. The Balaban J connectivity index is 1.39. The van der Waals surface area contributed by atoms with E-state index in [0.29, 0.717) is 0 Å². The summed E-state index contributed by atoms with van der Waals surface area (Å²) in [7, 11) is 0. The molecule has 2 N–H and O–H groups in total. The highest BCUT2D eigenvalue weighted by atomic mass is 32.2. The maximum Gasteiger partial charge on any atom is 0.0399 e. The molecule has 1 aliphatic heterocycles. The third-order valence-electron chi connectivity index (χ3n) is 5.06. The fraction of sp³-hybridized carbons (Fsp3) is 0.429. The quantitative estimate of drug-likeness (QED) is 0.478. The first kappa shape index (κ1) is 18.2. The van der Waals surface area contributed by atoms with Crippen LogP contribution in [-0.4, -0.2) is 43.4 Å². The Labute approximate surface area is 156 Å².